The maximum Gasteiger partial charge on any atom is 0.329 e. The molecule has 3 rings (SSSR count). The number of anilines is 1. The minimum Gasteiger partial charge on any atom is -0.318 e. The van der Waals surface area contributed by atoms with Crippen LogP contribution in [-0.2, 0) is 9.59 Å². The van der Waals surface area contributed by atoms with E-state index in [9.17, 15) is 9.59 Å². The van der Waals surface area contributed by atoms with Crippen LogP contribution in [0.4, 0.5) is 5.69 Å². The van der Waals surface area contributed by atoms with E-state index in [1.807, 2.05) is 19.9 Å². The zero-order valence-electron chi connectivity index (χ0n) is 17.3. The number of hydrogen-bond donors (Lipinski definition) is 2. The Morgan fingerprint density at radius 1 is 1.00 bits per heavy atom. The predicted molar refractivity (Wildman–Crippen MR) is 121 cm³/mol. The standard InChI is InChI=1S/C23H23ClN4O2/c1-14-8-9-15(2)21(10-14)28-16(3)11-18(17(28)4)13-25-27-23(30)22(29)26-20-7-5-6-19(24)12-20/h5-13H,1-4H3,(H,26,29)(H,27,30)/b25-13-. The molecule has 0 bridgehead atoms. The predicted octanol–water partition coefficient (Wildman–Crippen LogP) is 4.45. The van der Waals surface area contributed by atoms with E-state index in [1.165, 1.54) is 11.8 Å². The van der Waals surface area contributed by atoms with E-state index >= 15 is 0 Å². The molecule has 0 atom stereocenters. The maximum atomic E-state index is 12.0. The minimum atomic E-state index is -0.866. The molecule has 2 aromatic carbocycles. The molecule has 0 saturated heterocycles. The lowest BCUT2D eigenvalue weighted by atomic mass is 10.1. The van der Waals surface area contributed by atoms with E-state index in [0.717, 1.165) is 28.2 Å². The Labute approximate surface area is 180 Å². The molecular weight excluding hydrogens is 400 g/mol. The SMILES string of the molecule is Cc1ccc(C)c(-n2c(C)cc(/C=N\NC(=O)C(=O)Nc3cccc(Cl)c3)c2C)c1. The molecule has 7 heteroatoms. The van der Waals surface area contributed by atoms with Gasteiger partial charge in [0, 0.05) is 33.3 Å². The average molecular weight is 423 g/mol. The number of aryl methyl sites for hydroxylation is 3. The van der Waals surface area contributed by atoms with E-state index in [2.05, 4.69) is 52.5 Å². The summed E-state index contributed by atoms with van der Waals surface area (Å²) in [6.07, 6.45) is 1.54. The molecule has 0 radical (unpaired) electrons. The van der Waals surface area contributed by atoms with E-state index in [4.69, 9.17) is 11.6 Å². The molecule has 2 N–H and O–H groups in total. The van der Waals surface area contributed by atoms with Crippen molar-refractivity contribution >= 4 is 35.3 Å². The van der Waals surface area contributed by atoms with Crippen LogP contribution in [0.5, 0.6) is 0 Å². The van der Waals surface area contributed by atoms with E-state index in [1.54, 1.807) is 24.3 Å². The van der Waals surface area contributed by atoms with Gasteiger partial charge in [-0.05, 0) is 69.2 Å². The van der Waals surface area contributed by atoms with Gasteiger partial charge in [-0.1, -0.05) is 29.8 Å². The Hall–Kier alpha value is -3.38. The summed E-state index contributed by atoms with van der Waals surface area (Å²) in [4.78, 5) is 24.0. The van der Waals surface area contributed by atoms with Crippen LogP contribution in [0.15, 0.2) is 53.6 Å². The summed E-state index contributed by atoms with van der Waals surface area (Å²) in [5.41, 5.74) is 9.03. The lowest BCUT2D eigenvalue weighted by Gasteiger charge is -2.13. The first-order valence-electron chi connectivity index (χ1n) is 9.43. The lowest BCUT2D eigenvalue weighted by Crippen LogP contribution is -2.32. The summed E-state index contributed by atoms with van der Waals surface area (Å²) >= 11 is 5.87. The molecule has 1 aromatic heterocycles. The van der Waals surface area contributed by atoms with Gasteiger partial charge in [0.25, 0.3) is 0 Å². The molecule has 0 unspecified atom stereocenters. The first-order chi connectivity index (χ1) is 14.3. The third-order valence-electron chi connectivity index (χ3n) is 4.73. The van der Waals surface area contributed by atoms with E-state index < -0.39 is 11.8 Å². The highest BCUT2D eigenvalue weighted by Gasteiger charge is 2.14. The molecule has 154 valence electrons. The molecule has 1 heterocycles. The van der Waals surface area contributed by atoms with Gasteiger partial charge in [-0.3, -0.25) is 9.59 Å². The summed E-state index contributed by atoms with van der Waals surface area (Å²) in [6, 6.07) is 14.9. The first-order valence-corrected chi connectivity index (χ1v) is 9.80. The molecule has 0 saturated carbocycles. The summed E-state index contributed by atoms with van der Waals surface area (Å²) in [5, 5.41) is 6.88. The lowest BCUT2D eigenvalue weighted by molar-refractivity contribution is -0.136. The Bertz CT molecular complexity index is 1150. The minimum absolute atomic E-state index is 0.434. The second-order valence-electron chi connectivity index (χ2n) is 7.12. The van der Waals surface area contributed by atoms with Crippen molar-refractivity contribution in [3.63, 3.8) is 0 Å². The highest BCUT2D eigenvalue weighted by atomic mass is 35.5. The number of nitrogens with one attached hydrogen (secondary N) is 2. The number of hydrogen-bond acceptors (Lipinski definition) is 3. The van der Waals surface area contributed by atoms with Crippen LogP contribution >= 0.6 is 11.6 Å². The molecule has 0 aliphatic heterocycles. The van der Waals surface area contributed by atoms with Gasteiger partial charge in [0.1, 0.15) is 0 Å². The summed E-state index contributed by atoms with van der Waals surface area (Å²) < 4.78 is 2.15. The molecular formula is C23H23ClN4O2. The van der Waals surface area contributed by atoms with Gasteiger partial charge in [-0.25, -0.2) is 5.43 Å². The Morgan fingerprint density at radius 3 is 2.50 bits per heavy atom. The summed E-state index contributed by atoms with van der Waals surface area (Å²) in [7, 11) is 0. The second kappa shape index (κ2) is 8.97. The fraction of sp³-hybridized carbons (Fsp3) is 0.174. The van der Waals surface area contributed by atoms with Gasteiger partial charge in [-0.15, -0.1) is 0 Å². The normalized spacial score (nSPS) is 11.0. The fourth-order valence-electron chi connectivity index (χ4n) is 3.21. The fourth-order valence-corrected chi connectivity index (χ4v) is 3.40. The topological polar surface area (TPSA) is 75.5 Å². The quantitative estimate of drug-likeness (QED) is 0.370. The monoisotopic (exact) mass is 422 g/mol. The number of halogens is 1. The van der Waals surface area contributed by atoms with Crippen LogP contribution < -0.4 is 10.7 Å². The molecule has 30 heavy (non-hydrogen) atoms. The largest absolute Gasteiger partial charge is 0.329 e. The number of amides is 2. The third kappa shape index (κ3) is 4.78. The van der Waals surface area contributed by atoms with Gasteiger partial charge in [0.15, 0.2) is 0 Å². The van der Waals surface area contributed by atoms with Gasteiger partial charge in [0.05, 0.1) is 6.21 Å². The van der Waals surface area contributed by atoms with Crippen molar-refractivity contribution in [3.8, 4) is 5.69 Å². The maximum absolute atomic E-state index is 12.0. The molecule has 0 aliphatic carbocycles. The van der Waals surface area contributed by atoms with Crippen molar-refractivity contribution in [1.29, 1.82) is 0 Å². The molecule has 0 fully saturated rings. The number of rotatable bonds is 4. The zero-order chi connectivity index (χ0) is 21.8. The van der Waals surface area contributed by atoms with Gasteiger partial charge >= 0.3 is 11.8 Å². The second-order valence-corrected chi connectivity index (χ2v) is 7.55. The van der Waals surface area contributed by atoms with Crippen LogP contribution in [-0.4, -0.2) is 22.6 Å². The zero-order valence-corrected chi connectivity index (χ0v) is 18.0. The number of nitrogens with zero attached hydrogens (tertiary/aromatic N) is 2. The van der Waals surface area contributed by atoms with Gasteiger partial charge in [0.2, 0.25) is 0 Å². The summed E-state index contributed by atoms with van der Waals surface area (Å²) in [6.45, 7) is 8.14. The first kappa shape index (κ1) is 21.3. The molecule has 0 spiro atoms. The third-order valence-corrected chi connectivity index (χ3v) is 4.97. The molecule has 6 nitrogen and oxygen atoms in total. The van der Waals surface area contributed by atoms with Crippen molar-refractivity contribution in [3.05, 3.63) is 81.6 Å². The smallest absolute Gasteiger partial charge is 0.318 e. The van der Waals surface area contributed by atoms with Crippen molar-refractivity contribution in [2.75, 3.05) is 5.32 Å². The highest BCUT2D eigenvalue weighted by molar-refractivity contribution is 6.39. The Morgan fingerprint density at radius 2 is 1.77 bits per heavy atom. The Balaban J connectivity index is 1.71. The van der Waals surface area contributed by atoms with Crippen molar-refractivity contribution in [2.24, 2.45) is 5.10 Å². The van der Waals surface area contributed by atoms with Gasteiger partial charge in [-0.2, -0.15) is 5.10 Å². The summed E-state index contributed by atoms with van der Waals surface area (Å²) in [5.74, 6) is -1.69. The average Bonchev–Trinajstić information content (AvgIpc) is 2.97. The number of carbonyl (C=O) groups is 2. The highest BCUT2D eigenvalue weighted by Crippen LogP contribution is 2.23. The number of hydrazone groups is 1. The van der Waals surface area contributed by atoms with Crippen molar-refractivity contribution in [1.82, 2.24) is 9.99 Å². The number of aromatic nitrogens is 1. The van der Waals surface area contributed by atoms with E-state index in [0.29, 0.717) is 10.7 Å². The Kier molecular flexibility index (Phi) is 6.37. The van der Waals surface area contributed by atoms with Crippen molar-refractivity contribution in [2.45, 2.75) is 27.7 Å². The van der Waals surface area contributed by atoms with Crippen LogP contribution in [0.3, 0.4) is 0 Å². The molecule has 0 aliphatic rings. The van der Waals surface area contributed by atoms with Gasteiger partial charge < -0.3 is 9.88 Å². The molecule has 3 aromatic rings. The van der Waals surface area contributed by atoms with E-state index in [-0.39, 0.29) is 0 Å². The van der Waals surface area contributed by atoms with Crippen LogP contribution in [0.25, 0.3) is 5.69 Å². The number of carbonyl (C=O) groups excluding carboxylic acids is 2. The number of benzene rings is 2. The molecule has 2 amide bonds. The van der Waals surface area contributed by atoms with Crippen LogP contribution in [0.2, 0.25) is 5.02 Å². The van der Waals surface area contributed by atoms with Crippen molar-refractivity contribution < 1.29 is 9.59 Å². The van der Waals surface area contributed by atoms with Crippen LogP contribution in [0, 0.1) is 27.7 Å². The van der Waals surface area contributed by atoms with Crippen LogP contribution in [0.1, 0.15) is 28.1 Å².